The van der Waals surface area contributed by atoms with Crippen LogP contribution in [-0.2, 0) is 13.0 Å². The highest BCUT2D eigenvalue weighted by atomic mass is 15.1. The summed E-state index contributed by atoms with van der Waals surface area (Å²) in [6.45, 7) is 3.44. The SMILES string of the molecule is C#CCCCN1CCCc2ccccc2C1. The normalized spacial score (nSPS) is 16.2. The molecule has 1 aromatic rings. The van der Waals surface area contributed by atoms with Crippen molar-refractivity contribution < 1.29 is 0 Å². The number of hydrogen-bond donors (Lipinski definition) is 0. The third-order valence-electron chi connectivity index (χ3n) is 3.23. The molecule has 0 aromatic heterocycles. The van der Waals surface area contributed by atoms with E-state index in [-0.39, 0.29) is 0 Å². The van der Waals surface area contributed by atoms with E-state index in [1.807, 2.05) is 0 Å². The number of unbranched alkanes of at least 4 members (excludes halogenated alkanes) is 1. The summed E-state index contributed by atoms with van der Waals surface area (Å²) in [5.74, 6) is 2.72. The van der Waals surface area contributed by atoms with Gasteiger partial charge in [-0.05, 0) is 43.5 Å². The summed E-state index contributed by atoms with van der Waals surface area (Å²) in [6, 6.07) is 8.81. The van der Waals surface area contributed by atoms with Crippen LogP contribution in [0.4, 0.5) is 0 Å². The van der Waals surface area contributed by atoms with Gasteiger partial charge in [-0.2, -0.15) is 0 Å². The van der Waals surface area contributed by atoms with Gasteiger partial charge in [0.2, 0.25) is 0 Å². The molecule has 1 aromatic carbocycles. The quantitative estimate of drug-likeness (QED) is 0.551. The fourth-order valence-corrected chi connectivity index (χ4v) is 2.36. The molecule has 0 N–H and O–H groups in total. The Bertz CT molecular complexity index is 375. The molecule has 0 radical (unpaired) electrons. The van der Waals surface area contributed by atoms with E-state index in [0.717, 1.165) is 25.9 Å². The predicted octanol–water partition coefficient (Wildman–Crippen LogP) is 2.85. The van der Waals surface area contributed by atoms with Crippen molar-refractivity contribution >= 4 is 0 Å². The fourth-order valence-electron chi connectivity index (χ4n) is 2.36. The zero-order valence-corrected chi connectivity index (χ0v) is 9.78. The zero-order valence-electron chi connectivity index (χ0n) is 9.78. The molecule has 0 unspecified atom stereocenters. The first kappa shape index (κ1) is 11.2. The van der Waals surface area contributed by atoms with Crippen LogP contribution in [0.2, 0.25) is 0 Å². The molecule has 0 bridgehead atoms. The van der Waals surface area contributed by atoms with Gasteiger partial charge in [0.25, 0.3) is 0 Å². The standard InChI is InChI=1S/C15H19N/c1-2-3-6-11-16-12-7-10-14-8-4-5-9-15(14)13-16/h1,4-5,8-9H,3,6-7,10-13H2. The lowest BCUT2D eigenvalue weighted by molar-refractivity contribution is 0.267. The Morgan fingerprint density at radius 2 is 2.06 bits per heavy atom. The molecule has 0 aliphatic carbocycles. The number of terminal acetylenes is 1. The first-order valence-electron chi connectivity index (χ1n) is 6.13. The smallest absolute Gasteiger partial charge is 0.0236 e. The van der Waals surface area contributed by atoms with Gasteiger partial charge in [-0.15, -0.1) is 12.3 Å². The topological polar surface area (TPSA) is 3.24 Å². The van der Waals surface area contributed by atoms with Crippen LogP contribution in [0, 0.1) is 12.3 Å². The van der Waals surface area contributed by atoms with E-state index < -0.39 is 0 Å². The van der Waals surface area contributed by atoms with E-state index in [0.29, 0.717) is 0 Å². The summed E-state index contributed by atoms with van der Waals surface area (Å²) >= 11 is 0. The van der Waals surface area contributed by atoms with Crippen LogP contribution in [-0.4, -0.2) is 18.0 Å². The molecule has 0 spiro atoms. The maximum atomic E-state index is 5.28. The molecular formula is C15H19N. The van der Waals surface area contributed by atoms with Crippen LogP contribution in [0.1, 0.15) is 30.4 Å². The molecule has 1 heterocycles. The van der Waals surface area contributed by atoms with Gasteiger partial charge in [0, 0.05) is 13.0 Å². The average Bonchev–Trinajstić information content (AvgIpc) is 2.51. The van der Waals surface area contributed by atoms with Gasteiger partial charge in [0.15, 0.2) is 0 Å². The van der Waals surface area contributed by atoms with Crippen molar-refractivity contribution in [3.8, 4) is 12.3 Å². The van der Waals surface area contributed by atoms with Gasteiger partial charge in [-0.3, -0.25) is 4.90 Å². The number of hydrogen-bond acceptors (Lipinski definition) is 1. The third kappa shape index (κ3) is 2.87. The Labute approximate surface area is 98.5 Å². The lowest BCUT2D eigenvalue weighted by atomic mass is 10.0. The number of fused-ring (bicyclic) bond motifs is 1. The van der Waals surface area contributed by atoms with Crippen LogP contribution >= 0.6 is 0 Å². The van der Waals surface area contributed by atoms with Gasteiger partial charge in [0.1, 0.15) is 0 Å². The highest BCUT2D eigenvalue weighted by Crippen LogP contribution is 2.18. The molecule has 0 saturated carbocycles. The fraction of sp³-hybridized carbons (Fsp3) is 0.467. The summed E-state index contributed by atoms with van der Waals surface area (Å²) < 4.78 is 0. The van der Waals surface area contributed by atoms with Crippen LogP contribution in [0.25, 0.3) is 0 Å². The second-order valence-corrected chi connectivity index (χ2v) is 4.46. The summed E-state index contributed by atoms with van der Waals surface area (Å²) in [6.07, 6.45) is 9.80. The molecule has 2 rings (SSSR count). The molecule has 0 saturated heterocycles. The summed E-state index contributed by atoms with van der Waals surface area (Å²) in [5, 5.41) is 0. The number of nitrogens with zero attached hydrogens (tertiary/aromatic N) is 1. The number of rotatable bonds is 3. The van der Waals surface area contributed by atoms with Crippen LogP contribution in [0.5, 0.6) is 0 Å². The van der Waals surface area contributed by atoms with Crippen LogP contribution in [0.15, 0.2) is 24.3 Å². The van der Waals surface area contributed by atoms with E-state index in [2.05, 4.69) is 35.1 Å². The molecule has 1 aliphatic rings. The summed E-state index contributed by atoms with van der Waals surface area (Å²) in [7, 11) is 0. The Balaban J connectivity index is 1.97. The van der Waals surface area contributed by atoms with E-state index in [4.69, 9.17) is 6.42 Å². The Kier molecular flexibility index (Phi) is 4.02. The van der Waals surface area contributed by atoms with Crippen molar-refractivity contribution in [2.45, 2.75) is 32.2 Å². The van der Waals surface area contributed by atoms with Crippen molar-refractivity contribution in [1.82, 2.24) is 4.90 Å². The Morgan fingerprint density at radius 1 is 1.25 bits per heavy atom. The van der Waals surface area contributed by atoms with E-state index in [9.17, 15) is 0 Å². The van der Waals surface area contributed by atoms with Crippen LogP contribution in [0.3, 0.4) is 0 Å². The molecule has 1 nitrogen and oxygen atoms in total. The molecule has 1 aliphatic heterocycles. The Hall–Kier alpha value is -1.26. The van der Waals surface area contributed by atoms with E-state index >= 15 is 0 Å². The monoisotopic (exact) mass is 213 g/mol. The zero-order chi connectivity index (χ0) is 11.2. The first-order chi connectivity index (χ1) is 7.90. The summed E-state index contributed by atoms with van der Waals surface area (Å²) in [4.78, 5) is 2.53. The molecule has 0 fully saturated rings. The molecule has 1 heteroatoms. The number of benzene rings is 1. The minimum absolute atomic E-state index is 0.901. The average molecular weight is 213 g/mol. The second kappa shape index (κ2) is 5.72. The van der Waals surface area contributed by atoms with E-state index in [1.54, 1.807) is 0 Å². The second-order valence-electron chi connectivity index (χ2n) is 4.46. The molecular weight excluding hydrogens is 194 g/mol. The lowest BCUT2D eigenvalue weighted by Crippen LogP contribution is -2.24. The van der Waals surface area contributed by atoms with Crippen molar-refractivity contribution in [2.75, 3.05) is 13.1 Å². The Morgan fingerprint density at radius 3 is 2.88 bits per heavy atom. The molecule has 0 atom stereocenters. The molecule has 0 amide bonds. The van der Waals surface area contributed by atoms with Crippen molar-refractivity contribution in [2.24, 2.45) is 0 Å². The molecule has 84 valence electrons. The highest BCUT2D eigenvalue weighted by Gasteiger charge is 2.12. The maximum Gasteiger partial charge on any atom is 0.0236 e. The van der Waals surface area contributed by atoms with Crippen molar-refractivity contribution in [1.29, 1.82) is 0 Å². The van der Waals surface area contributed by atoms with Crippen LogP contribution < -0.4 is 0 Å². The van der Waals surface area contributed by atoms with Gasteiger partial charge >= 0.3 is 0 Å². The minimum atomic E-state index is 0.901. The van der Waals surface area contributed by atoms with Crippen molar-refractivity contribution in [3.63, 3.8) is 0 Å². The van der Waals surface area contributed by atoms with E-state index in [1.165, 1.54) is 30.5 Å². The highest BCUT2D eigenvalue weighted by molar-refractivity contribution is 5.27. The molecule has 16 heavy (non-hydrogen) atoms. The lowest BCUT2D eigenvalue weighted by Gasteiger charge is -2.19. The van der Waals surface area contributed by atoms with Gasteiger partial charge in [-0.1, -0.05) is 24.3 Å². The van der Waals surface area contributed by atoms with Gasteiger partial charge in [0.05, 0.1) is 0 Å². The van der Waals surface area contributed by atoms with Gasteiger partial charge < -0.3 is 0 Å². The first-order valence-corrected chi connectivity index (χ1v) is 6.13. The largest absolute Gasteiger partial charge is 0.299 e. The van der Waals surface area contributed by atoms with Gasteiger partial charge in [-0.25, -0.2) is 0 Å². The predicted molar refractivity (Wildman–Crippen MR) is 68.1 cm³/mol. The number of aryl methyl sites for hydroxylation is 1. The van der Waals surface area contributed by atoms with Crippen molar-refractivity contribution in [3.05, 3.63) is 35.4 Å². The third-order valence-corrected chi connectivity index (χ3v) is 3.23. The maximum absolute atomic E-state index is 5.28. The minimum Gasteiger partial charge on any atom is -0.299 e. The summed E-state index contributed by atoms with van der Waals surface area (Å²) in [5.41, 5.74) is 3.03.